The first-order valence-electron chi connectivity index (χ1n) is 10.4. The summed E-state index contributed by atoms with van der Waals surface area (Å²) in [6, 6.07) is 11.6. The second kappa shape index (κ2) is 8.33. The van der Waals surface area contributed by atoms with E-state index in [2.05, 4.69) is 22.4 Å². The van der Waals surface area contributed by atoms with Crippen molar-refractivity contribution in [2.24, 2.45) is 14.1 Å². The van der Waals surface area contributed by atoms with E-state index < -0.39 is 0 Å². The van der Waals surface area contributed by atoms with Crippen LogP contribution in [0.25, 0.3) is 16.9 Å². The molecule has 9 nitrogen and oxygen atoms in total. The van der Waals surface area contributed by atoms with Crippen LogP contribution in [0.3, 0.4) is 0 Å². The summed E-state index contributed by atoms with van der Waals surface area (Å²) in [6.07, 6.45) is 0.792. The molecule has 0 spiro atoms. The standard InChI is InChI=1S/C23H26N6O3/c1-6-16-8-7-9-19(29-23(31)28(5)25-26-29)18(16)13-32-20-11-10-17(12-14(20)2)21-15(3)22(30)27(4)24-21/h7-12,24H,6,13H2,1-5H3. The molecule has 0 radical (unpaired) electrons. The molecule has 0 fully saturated rings. The molecule has 0 aliphatic rings. The highest BCUT2D eigenvalue weighted by Gasteiger charge is 2.16. The van der Waals surface area contributed by atoms with Crippen LogP contribution in [0.2, 0.25) is 0 Å². The smallest absolute Gasteiger partial charge is 0.368 e. The summed E-state index contributed by atoms with van der Waals surface area (Å²) in [5.74, 6) is 0.730. The molecule has 2 aromatic carbocycles. The maximum absolute atomic E-state index is 12.4. The Morgan fingerprint density at radius 2 is 1.84 bits per heavy atom. The number of H-pyrrole nitrogens is 1. The van der Waals surface area contributed by atoms with E-state index in [1.165, 1.54) is 14.0 Å². The van der Waals surface area contributed by atoms with Crippen molar-refractivity contribution < 1.29 is 4.74 Å². The Hall–Kier alpha value is -3.88. The molecule has 0 unspecified atom stereocenters. The quantitative estimate of drug-likeness (QED) is 0.502. The summed E-state index contributed by atoms with van der Waals surface area (Å²) in [5.41, 5.74) is 5.62. The number of aryl methyl sites for hydroxylation is 4. The van der Waals surface area contributed by atoms with E-state index in [4.69, 9.17) is 4.74 Å². The highest BCUT2D eigenvalue weighted by Crippen LogP contribution is 2.28. The van der Waals surface area contributed by atoms with Gasteiger partial charge in [0.1, 0.15) is 12.4 Å². The van der Waals surface area contributed by atoms with Crippen molar-refractivity contribution in [1.29, 1.82) is 0 Å². The molecule has 0 amide bonds. The second-order valence-corrected chi connectivity index (χ2v) is 7.81. The summed E-state index contributed by atoms with van der Waals surface area (Å²) >= 11 is 0. The number of tetrazole rings is 1. The summed E-state index contributed by atoms with van der Waals surface area (Å²) in [4.78, 5) is 24.5. The number of benzene rings is 2. The number of ether oxygens (including phenoxy) is 1. The van der Waals surface area contributed by atoms with Crippen molar-refractivity contribution in [3.05, 3.63) is 79.5 Å². The van der Waals surface area contributed by atoms with Crippen molar-refractivity contribution in [3.8, 4) is 22.7 Å². The lowest BCUT2D eigenvalue weighted by Crippen LogP contribution is -2.23. The van der Waals surface area contributed by atoms with Gasteiger partial charge < -0.3 is 4.74 Å². The molecule has 0 aliphatic carbocycles. The number of nitrogens with one attached hydrogen (secondary N) is 1. The van der Waals surface area contributed by atoms with Crippen LogP contribution in [0, 0.1) is 13.8 Å². The number of hydrogen-bond acceptors (Lipinski definition) is 5. The van der Waals surface area contributed by atoms with E-state index in [-0.39, 0.29) is 17.9 Å². The fourth-order valence-electron chi connectivity index (χ4n) is 3.84. The number of rotatable bonds is 6. The average molecular weight is 435 g/mol. The number of aromatic nitrogens is 6. The maximum atomic E-state index is 12.4. The van der Waals surface area contributed by atoms with Gasteiger partial charge in [-0.25, -0.2) is 4.79 Å². The molecule has 0 saturated carbocycles. The van der Waals surface area contributed by atoms with E-state index >= 15 is 0 Å². The van der Waals surface area contributed by atoms with Crippen LogP contribution in [-0.4, -0.2) is 29.6 Å². The molecule has 2 aromatic heterocycles. The van der Waals surface area contributed by atoms with Gasteiger partial charge in [-0.2, -0.15) is 9.36 Å². The van der Waals surface area contributed by atoms with Gasteiger partial charge in [-0.05, 0) is 66.1 Å². The van der Waals surface area contributed by atoms with Gasteiger partial charge in [0, 0.05) is 30.8 Å². The molecule has 0 bridgehead atoms. The summed E-state index contributed by atoms with van der Waals surface area (Å²) in [6.45, 7) is 6.12. The normalized spacial score (nSPS) is 11.2. The van der Waals surface area contributed by atoms with Gasteiger partial charge in [0.2, 0.25) is 0 Å². The molecule has 2 heterocycles. The Bertz CT molecular complexity index is 1410. The zero-order valence-electron chi connectivity index (χ0n) is 18.8. The molecule has 166 valence electrons. The van der Waals surface area contributed by atoms with Crippen LogP contribution in [0.4, 0.5) is 0 Å². The minimum atomic E-state index is -0.313. The molecular formula is C23H26N6O3. The SMILES string of the molecule is CCc1cccc(-n2nnn(C)c2=O)c1COc1ccc(-c2[nH]n(C)c(=O)c2C)cc1C. The Morgan fingerprint density at radius 1 is 1.06 bits per heavy atom. The van der Waals surface area contributed by atoms with Gasteiger partial charge >= 0.3 is 5.69 Å². The Balaban J connectivity index is 1.66. The maximum Gasteiger partial charge on any atom is 0.368 e. The van der Waals surface area contributed by atoms with Crippen molar-refractivity contribution in [3.63, 3.8) is 0 Å². The highest BCUT2D eigenvalue weighted by molar-refractivity contribution is 5.64. The Morgan fingerprint density at radius 3 is 2.44 bits per heavy atom. The van der Waals surface area contributed by atoms with Crippen LogP contribution < -0.4 is 16.0 Å². The Labute approximate surface area is 184 Å². The van der Waals surface area contributed by atoms with E-state index in [0.717, 1.165) is 40.1 Å². The van der Waals surface area contributed by atoms with E-state index in [9.17, 15) is 9.59 Å². The minimum Gasteiger partial charge on any atom is -0.489 e. The number of aromatic amines is 1. The van der Waals surface area contributed by atoms with Crippen LogP contribution >= 0.6 is 0 Å². The number of nitrogens with zero attached hydrogens (tertiary/aromatic N) is 5. The monoisotopic (exact) mass is 434 g/mol. The van der Waals surface area contributed by atoms with Crippen LogP contribution in [0.1, 0.15) is 29.2 Å². The first kappa shape index (κ1) is 21.4. The average Bonchev–Trinajstić information content (AvgIpc) is 3.25. The molecule has 4 rings (SSSR count). The molecule has 32 heavy (non-hydrogen) atoms. The van der Waals surface area contributed by atoms with Crippen molar-refractivity contribution in [2.45, 2.75) is 33.8 Å². The van der Waals surface area contributed by atoms with E-state index in [1.807, 2.05) is 50.2 Å². The van der Waals surface area contributed by atoms with Gasteiger partial charge in [0.05, 0.1) is 11.4 Å². The van der Waals surface area contributed by atoms with Crippen LogP contribution in [-0.2, 0) is 27.1 Å². The van der Waals surface area contributed by atoms with Crippen molar-refractivity contribution in [2.75, 3.05) is 0 Å². The van der Waals surface area contributed by atoms with Crippen LogP contribution in [0.5, 0.6) is 5.75 Å². The molecule has 0 aliphatic heterocycles. The molecule has 0 atom stereocenters. The van der Waals surface area contributed by atoms with Crippen molar-refractivity contribution in [1.82, 2.24) is 29.6 Å². The summed E-state index contributed by atoms with van der Waals surface area (Å²) in [7, 11) is 3.27. The predicted molar refractivity (Wildman–Crippen MR) is 121 cm³/mol. The van der Waals surface area contributed by atoms with Crippen LogP contribution in [0.15, 0.2) is 46.0 Å². The van der Waals surface area contributed by atoms with E-state index in [0.29, 0.717) is 11.3 Å². The fourth-order valence-corrected chi connectivity index (χ4v) is 3.84. The lowest BCUT2D eigenvalue weighted by molar-refractivity contribution is 0.302. The zero-order valence-corrected chi connectivity index (χ0v) is 18.8. The number of hydrogen-bond donors (Lipinski definition) is 1. The first-order valence-corrected chi connectivity index (χ1v) is 10.4. The van der Waals surface area contributed by atoms with Gasteiger partial charge in [0.15, 0.2) is 0 Å². The Kier molecular flexibility index (Phi) is 5.56. The molecule has 9 heteroatoms. The summed E-state index contributed by atoms with van der Waals surface area (Å²) in [5, 5.41) is 10.9. The lowest BCUT2D eigenvalue weighted by Gasteiger charge is -2.16. The molecule has 4 aromatic rings. The second-order valence-electron chi connectivity index (χ2n) is 7.81. The predicted octanol–water partition coefficient (Wildman–Crippen LogP) is 2.42. The molecule has 1 N–H and O–H groups in total. The topological polar surface area (TPSA) is 99.7 Å². The lowest BCUT2D eigenvalue weighted by atomic mass is 10.0. The fraction of sp³-hybridized carbons (Fsp3) is 0.304. The van der Waals surface area contributed by atoms with Crippen molar-refractivity contribution >= 4 is 0 Å². The molecule has 0 saturated heterocycles. The first-order chi connectivity index (χ1) is 15.3. The third-order valence-electron chi connectivity index (χ3n) is 5.69. The highest BCUT2D eigenvalue weighted by atomic mass is 16.5. The summed E-state index contributed by atoms with van der Waals surface area (Å²) < 4.78 is 10.1. The third-order valence-corrected chi connectivity index (χ3v) is 5.69. The van der Waals surface area contributed by atoms with E-state index in [1.54, 1.807) is 14.1 Å². The third kappa shape index (κ3) is 3.66. The van der Waals surface area contributed by atoms with Gasteiger partial charge in [0.25, 0.3) is 5.56 Å². The van der Waals surface area contributed by atoms with Gasteiger partial charge in [-0.15, -0.1) is 0 Å². The molecular weight excluding hydrogens is 408 g/mol. The zero-order chi connectivity index (χ0) is 23.0. The van der Waals surface area contributed by atoms with Gasteiger partial charge in [-0.3, -0.25) is 14.6 Å². The van der Waals surface area contributed by atoms with Gasteiger partial charge in [-0.1, -0.05) is 19.1 Å². The minimum absolute atomic E-state index is 0.0408. The largest absolute Gasteiger partial charge is 0.489 e.